The van der Waals surface area contributed by atoms with Crippen LogP contribution >= 0.6 is 23.2 Å². The summed E-state index contributed by atoms with van der Waals surface area (Å²) in [5.74, 6) is -1.58. The van der Waals surface area contributed by atoms with Crippen LogP contribution in [-0.2, 0) is 40.6 Å². The smallest absolute Gasteiger partial charge is 0.748 e. The predicted octanol–water partition coefficient (Wildman–Crippen LogP) is -2.46. The zero-order valence-electron chi connectivity index (χ0n) is 36.2. The van der Waals surface area contributed by atoms with Crippen LogP contribution in [0.2, 0.25) is 10.0 Å². The van der Waals surface area contributed by atoms with E-state index in [9.17, 15) is 49.0 Å². The van der Waals surface area contributed by atoms with Crippen LogP contribution in [0.1, 0.15) is 64.6 Å². The Hall–Kier alpha value is -1.86. The molecule has 1 aromatic heterocycles. The molecule has 1 heterocycles. The molecule has 0 fully saturated rings. The van der Waals surface area contributed by atoms with E-state index in [1.165, 1.54) is 41.9 Å². The molecule has 330 valence electrons. The van der Waals surface area contributed by atoms with E-state index in [0.29, 0.717) is 17.1 Å². The maximum absolute atomic E-state index is 12.4. The molecule has 1 amide bonds. The predicted molar refractivity (Wildman–Crippen MR) is 225 cm³/mol. The molecule has 0 bridgehead atoms. The van der Waals surface area contributed by atoms with E-state index in [1.54, 1.807) is 17.0 Å². The van der Waals surface area contributed by atoms with Crippen molar-refractivity contribution in [2.75, 3.05) is 46.9 Å². The molecule has 0 atom stereocenters. The van der Waals surface area contributed by atoms with Gasteiger partial charge < -0.3 is 33.9 Å². The van der Waals surface area contributed by atoms with Crippen LogP contribution in [0.5, 0.6) is 5.75 Å². The number of ether oxygens (including phenoxy) is 1. The minimum Gasteiger partial charge on any atom is -0.748 e. The Labute approximate surface area is 449 Å². The maximum Gasteiger partial charge on any atom is 1.00 e. The number of hydrogen-bond donors (Lipinski definition) is 2. The molecule has 0 unspecified atom stereocenters. The Kier molecular flexibility index (Phi) is 24.5. The zero-order chi connectivity index (χ0) is 45.3. The third kappa shape index (κ3) is 18.7. The SMILES string of the molecule is CC(=O)Nc1cc(N(CCCCS(=O)(=O)[O-])CCCCS(=O)(=O)[O-])ccc1N=Nc1c(C#N)c(C(C)(C)C)nn1-c1c(Cl)cc(NCOc2cccc(S(=O)(=O)[O-])c2)cc1Cl.[Na+].[Na+].[Na+]. The largest absolute Gasteiger partial charge is 1.00 e. The first-order valence-electron chi connectivity index (χ1n) is 18.3. The van der Waals surface area contributed by atoms with Crippen molar-refractivity contribution < 1.29 is 137 Å². The van der Waals surface area contributed by atoms with Gasteiger partial charge in [-0.1, -0.05) is 50.0 Å². The average Bonchev–Trinajstić information content (AvgIpc) is 3.50. The van der Waals surface area contributed by atoms with Crippen molar-refractivity contribution in [1.29, 1.82) is 5.26 Å². The minimum atomic E-state index is -4.70. The molecule has 0 spiro atoms. The quantitative estimate of drug-likeness (QED) is 0.0305. The first-order valence-corrected chi connectivity index (χ1v) is 23.6. The molecule has 4 rings (SSSR count). The number of rotatable bonds is 20. The number of carbonyl (C=O) groups excluding carboxylic acids is 1. The molecule has 19 nitrogen and oxygen atoms in total. The van der Waals surface area contributed by atoms with Crippen LogP contribution in [0.15, 0.2) is 69.7 Å². The molecule has 0 saturated carbocycles. The van der Waals surface area contributed by atoms with E-state index in [-0.39, 0.29) is 178 Å². The summed E-state index contributed by atoms with van der Waals surface area (Å²) in [7, 11) is -13.6. The monoisotopic (exact) mass is 1010 g/mol. The van der Waals surface area contributed by atoms with Crippen LogP contribution < -0.4 is 109 Å². The fraction of sp³-hybridized carbons (Fsp3) is 0.378. The van der Waals surface area contributed by atoms with Gasteiger partial charge in [0, 0.05) is 48.3 Å². The molecular weight excluding hydrogens is 969 g/mol. The van der Waals surface area contributed by atoms with E-state index in [2.05, 4.69) is 32.0 Å². The standard InChI is InChI=1S/C37H44Cl2N8O11S3.3Na/c1-24(48)42-33-20-26(46(14-5-7-16-59(49,50)51)15-6-8-17-60(52,53)54)12-13-32(33)43-44-36-29(22-40)35(37(2,3)4)45-47(36)34-30(38)18-25(19-31(34)39)41-23-58-27-10-9-11-28(21-27)61(55,56)57;;;/h9-13,18-21,41H,5-8,14-17,23H2,1-4H3,(H,42,48)(H,49,50,51)(H,52,53,54)(H,55,56,57);;;/q;3*+1/p-3. The molecule has 0 radical (unpaired) electrons. The van der Waals surface area contributed by atoms with Crippen molar-refractivity contribution in [3.05, 3.63) is 75.9 Å². The Morgan fingerprint density at radius 1 is 0.875 bits per heavy atom. The molecule has 27 heteroatoms. The zero-order valence-corrected chi connectivity index (χ0v) is 46.2. The third-order valence-corrected chi connectivity index (χ3v) is 11.6. The Balaban J connectivity index is 0.00000683. The second kappa shape index (κ2) is 26.0. The normalized spacial score (nSPS) is 11.8. The number of hydrogen-bond acceptors (Lipinski definition) is 17. The first-order chi connectivity index (χ1) is 28.4. The summed E-state index contributed by atoms with van der Waals surface area (Å²) in [6, 6.07) is 14.9. The van der Waals surface area contributed by atoms with Gasteiger partial charge in [0.15, 0.2) is 12.5 Å². The summed E-state index contributed by atoms with van der Waals surface area (Å²) in [6.45, 7) is 7.06. The molecule has 4 aromatic rings. The van der Waals surface area contributed by atoms with Gasteiger partial charge in [0.1, 0.15) is 38.9 Å². The Morgan fingerprint density at radius 3 is 1.95 bits per heavy atom. The van der Waals surface area contributed by atoms with Crippen molar-refractivity contribution in [2.24, 2.45) is 10.2 Å². The molecule has 2 N–H and O–H groups in total. The molecule has 0 aliphatic heterocycles. The molecule has 0 aliphatic carbocycles. The number of halogens is 2. The van der Waals surface area contributed by atoms with Gasteiger partial charge in [0.05, 0.1) is 46.6 Å². The Morgan fingerprint density at radius 2 is 1.45 bits per heavy atom. The van der Waals surface area contributed by atoms with Gasteiger partial charge in [0.2, 0.25) is 5.91 Å². The topological polar surface area (TPSA) is 292 Å². The van der Waals surface area contributed by atoms with Gasteiger partial charge in [0.25, 0.3) is 0 Å². The van der Waals surface area contributed by atoms with Gasteiger partial charge >= 0.3 is 88.7 Å². The van der Waals surface area contributed by atoms with Crippen molar-refractivity contribution in [3.8, 4) is 17.5 Å². The summed E-state index contributed by atoms with van der Waals surface area (Å²) in [4.78, 5) is 13.7. The van der Waals surface area contributed by atoms with Crippen molar-refractivity contribution >= 4 is 88.0 Å². The van der Waals surface area contributed by atoms with E-state index in [4.69, 9.17) is 27.9 Å². The number of benzene rings is 3. The summed E-state index contributed by atoms with van der Waals surface area (Å²) < 4.78 is 108. The number of carbonyl (C=O) groups is 1. The van der Waals surface area contributed by atoms with E-state index >= 15 is 0 Å². The van der Waals surface area contributed by atoms with Crippen LogP contribution in [0, 0.1) is 11.3 Å². The molecule has 3 aromatic carbocycles. The summed E-state index contributed by atoms with van der Waals surface area (Å²) >= 11 is 13.6. The number of anilines is 3. The van der Waals surface area contributed by atoms with Crippen LogP contribution in [-0.4, -0.2) is 85.9 Å². The molecule has 0 saturated heterocycles. The first kappa shape index (κ1) is 60.2. The second-order valence-electron chi connectivity index (χ2n) is 14.5. The van der Waals surface area contributed by atoms with Gasteiger partial charge in [-0.3, -0.25) is 4.79 Å². The van der Waals surface area contributed by atoms with Gasteiger partial charge in [-0.2, -0.15) is 10.4 Å². The van der Waals surface area contributed by atoms with E-state index in [0.717, 1.165) is 12.1 Å². The molecule has 64 heavy (non-hydrogen) atoms. The number of aromatic nitrogens is 2. The summed E-state index contributed by atoms with van der Waals surface area (Å²) in [6.07, 6.45) is 0.670. The summed E-state index contributed by atoms with van der Waals surface area (Å²) in [5, 5.41) is 29.7. The van der Waals surface area contributed by atoms with Gasteiger partial charge in [-0.05, 0) is 74.2 Å². The van der Waals surface area contributed by atoms with Gasteiger partial charge in [-0.25, -0.2) is 29.9 Å². The van der Waals surface area contributed by atoms with E-state index in [1.807, 2.05) is 20.8 Å². The van der Waals surface area contributed by atoms with Crippen LogP contribution in [0.3, 0.4) is 0 Å². The fourth-order valence-corrected chi connectivity index (χ4v) is 8.08. The number of unbranched alkanes of at least 4 members (excludes halogenated alkanes) is 2. The Bertz CT molecular complexity index is 2620. The molecule has 0 aliphatic rings. The number of nitrogens with zero attached hydrogens (tertiary/aromatic N) is 6. The van der Waals surface area contributed by atoms with Crippen molar-refractivity contribution in [1.82, 2.24) is 9.78 Å². The van der Waals surface area contributed by atoms with Crippen LogP contribution in [0.25, 0.3) is 5.69 Å². The number of amides is 1. The number of nitriles is 1. The van der Waals surface area contributed by atoms with Crippen LogP contribution in [0.4, 0.5) is 28.6 Å². The number of nitrogens with one attached hydrogen (secondary N) is 2. The van der Waals surface area contributed by atoms with E-state index < -0.39 is 58.1 Å². The maximum atomic E-state index is 12.4. The summed E-state index contributed by atoms with van der Waals surface area (Å²) in [5.41, 5.74) is 1.02. The fourth-order valence-electron chi connectivity index (χ4n) is 5.81. The number of azo groups is 1. The van der Waals surface area contributed by atoms with Crippen molar-refractivity contribution in [3.63, 3.8) is 0 Å². The van der Waals surface area contributed by atoms with Crippen molar-refractivity contribution in [2.45, 2.75) is 63.7 Å². The average molecular weight is 1010 g/mol. The second-order valence-corrected chi connectivity index (χ2v) is 19.8. The third-order valence-electron chi connectivity index (χ3n) is 8.57. The van der Waals surface area contributed by atoms with Gasteiger partial charge in [-0.15, -0.1) is 10.2 Å². The minimum absolute atomic E-state index is 0. The molecular formula is C37H41Cl2N8Na3O11S3.